The summed E-state index contributed by atoms with van der Waals surface area (Å²) in [6, 6.07) is 0. The van der Waals surface area contributed by atoms with Crippen LogP contribution in [0.15, 0.2) is 0 Å². The molecule has 0 aliphatic carbocycles. The largest absolute Gasteiger partial charge is 0.458 e. The van der Waals surface area contributed by atoms with Crippen LogP contribution in [-0.2, 0) is 19.6 Å². The maximum atomic E-state index is 12.7. The smallest absolute Gasteiger partial charge is 0.402 e. The van der Waals surface area contributed by atoms with Gasteiger partial charge in [0.2, 0.25) is 0 Å². The summed E-state index contributed by atoms with van der Waals surface area (Å²) in [6.07, 6.45) is 0.398. The summed E-state index contributed by atoms with van der Waals surface area (Å²) in [5.74, 6) is -0.345. The topological polar surface area (TPSA) is 80.7 Å². The molecular formula is C10H18F2O5S. The van der Waals surface area contributed by atoms with Crippen molar-refractivity contribution < 1.29 is 31.3 Å². The third-order valence-electron chi connectivity index (χ3n) is 2.72. The van der Waals surface area contributed by atoms with Crippen LogP contribution < -0.4 is 0 Å². The van der Waals surface area contributed by atoms with E-state index in [-0.39, 0.29) is 12.3 Å². The van der Waals surface area contributed by atoms with E-state index >= 15 is 0 Å². The minimum Gasteiger partial charge on any atom is -0.458 e. The third kappa shape index (κ3) is 5.72. The van der Waals surface area contributed by atoms with Gasteiger partial charge in [-0.15, -0.1) is 0 Å². The Morgan fingerprint density at radius 3 is 2.22 bits per heavy atom. The molecule has 0 rings (SSSR count). The van der Waals surface area contributed by atoms with Crippen molar-refractivity contribution in [3.05, 3.63) is 0 Å². The van der Waals surface area contributed by atoms with Gasteiger partial charge in [0.25, 0.3) is 0 Å². The average Bonchev–Trinajstić information content (AvgIpc) is 2.21. The lowest BCUT2D eigenvalue weighted by Gasteiger charge is -2.16. The highest BCUT2D eigenvalue weighted by Gasteiger charge is 2.45. The van der Waals surface area contributed by atoms with E-state index in [0.717, 1.165) is 0 Å². The first kappa shape index (κ1) is 17.2. The Morgan fingerprint density at radius 2 is 1.83 bits per heavy atom. The molecule has 108 valence electrons. The number of carbonyl (C=O) groups is 1. The highest BCUT2D eigenvalue weighted by atomic mass is 32.2. The molecule has 1 N–H and O–H groups in total. The van der Waals surface area contributed by atoms with Crippen LogP contribution in [0.4, 0.5) is 8.78 Å². The van der Waals surface area contributed by atoms with E-state index in [1.165, 1.54) is 0 Å². The number of ether oxygens (including phenoxy) is 1. The quantitative estimate of drug-likeness (QED) is 0.573. The summed E-state index contributed by atoms with van der Waals surface area (Å²) in [5.41, 5.74) is 0. The monoisotopic (exact) mass is 288 g/mol. The first-order valence-electron chi connectivity index (χ1n) is 5.48. The molecule has 1 atom stereocenters. The second-order valence-corrected chi connectivity index (χ2v) is 6.08. The van der Waals surface area contributed by atoms with Crippen molar-refractivity contribution in [1.82, 2.24) is 0 Å². The van der Waals surface area contributed by atoms with E-state index in [0.29, 0.717) is 12.3 Å². The number of halogens is 2. The first-order chi connectivity index (χ1) is 7.97. The van der Waals surface area contributed by atoms with Gasteiger partial charge in [0.15, 0.2) is 6.61 Å². The van der Waals surface area contributed by atoms with Crippen molar-refractivity contribution in [2.75, 3.05) is 6.61 Å². The van der Waals surface area contributed by atoms with Crippen LogP contribution in [0.1, 0.15) is 33.6 Å². The lowest BCUT2D eigenvalue weighted by atomic mass is 9.93. The lowest BCUT2D eigenvalue weighted by molar-refractivity contribution is -0.150. The van der Waals surface area contributed by atoms with Crippen LogP contribution in [-0.4, -0.2) is 30.8 Å². The Labute approximate surface area is 105 Å². The average molecular weight is 288 g/mol. The molecule has 0 fully saturated rings. The zero-order valence-electron chi connectivity index (χ0n) is 10.5. The molecule has 0 aliphatic heterocycles. The Morgan fingerprint density at radius 1 is 1.33 bits per heavy atom. The normalized spacial score (nSPS) is 14.6. The summed E-state index contributed by atoms with van der Waals surface area (Å²) >= 11 is 0. The van der Waals surface area contributed by atoms with Crippen LogP contribution in [0.5, 0.6) is 0 Å². The molecule has 8 heteroatoms. The molecule has 0 aromatic heterocycles. The molecule has 18 heavy (non-hydrogen) atoms. The fourth-order valence-corrected chi connectivity index (χ4v) is 1.20. The Hall–Kier alpha value is -0.760. The van der Waals surface area contributed by atoms with Crippen molar-refractivity contribution in [3.8, 4) is 0 Å². The maximum Gasteiger partial charge on any atom is 0.402 e. The molecule has 0 heterocycles. The first-order valence-corrected chi connectivity index (χ1v) is 6.92. The third-order valence-corrected chi connectivity index (χ3v) is 3.59. The fourth-order valence-electron chi connectivity index (χ4n) is 0.990. The molecule has 0 aliphatic rings. The summed E-state index contributed by atoms with van der Waals surface area (Å²) in [7, 11) is -5.55. The van der Waals surface area contributed by atoms with Gasteiger partial charge in [-0.2, -0.15) is 17.2 Å². The van der Waals surface area contributed by atoms with Crippen molar-refractivity contribution in [3.63, 3.8) is 0 Å². The number of hydrogen-bond donors (Lipinski definition) is 1. The fraction of sp³-hybridized carbons (Fsp3) is 0.900. The van der Waals surface area contributed by atoms with Crippen molar-refractivity contribution in [2.45, 2.75) is 38.9 Å². The Bertz CT molecular complexity index is 378. The van der Waals surface area contributed by atoms with Gasteiger partial charge in [-0.3, -0.25) is 9.35 Å². The minimum absolute atomic E-state index is 0.0685. The molecule has 0 aromatic rings. The van der Waals surface area contributed by atoms with Crippen molar-refractivity contribution in [2.24, 2.45) is 11.8 Å². The molecule has 0 saturated carbocycles. The van der Waals surface area contributed by atoms with Gasteiger partial charge < -0.3 is 4.74 Å². The predicted molar refractivity (Wildman–Crippen MR) is 60.7 cm³/mol. The molecule has 0 aromatic carbocycles. The number of esters is 1. The predicted octanol–water partition coefficient (Wildman–Crippen LogP) is 2.08. The Kier molecular flexibility index (Phi) is 6.15. The second kappa shape index (κ2) is 6.42. The van der Waals surface area contributed by atoms with Crippen LogP contribution in [0, 0.1) is 11.8 Å². The van der Waals surface area contributed by atoms with Crippen LogP contribution in [0.2, 0.25) is 0 Å². The van der Waals surface area contributed by atoms with E-state index < -0.39 is 27.9 Å². The number of rotatable bonds is 7. The standard InChI is InChI=1S/C10H18F2O5S/c1-7(2)8(3)4-5-9(13)17-6-10(11,12)18(14,15)16/h7-8H,4-6H2,1-3H3,(H,14,15,16). The van der Waals surface area contributed by atoms with Crippen molar-refractivity contribution >= 4 is 16.1 Å². The molecule has 0 radical (unpaired) electrons. The number of alkyl halides is 2. The minimum atomic E-state index is -5.55. The summed E-state index contributed by atoms with van der Waals surface area (Å²) in [6.45, 7) is 4.16. The molecule has 0 amide bonds. The summed E-state index contributed by atoms with van der Waals surface area (Å²) in [5, 5.41) is -4.47. The van der Waals surface area contributed by atoms with Gasteiger partial charge in [0, 0.05) is 6.42 Å². The number of carbonyl (C=O) groups excluding carboxylic acids is 1. The van der Waals surface area contributed by atoms with E-state index in [1.54, 1.807) is 0 Å². The van der Waals surface area contributed by atoms with E-state index in [9.17, 15) is 22.0 Å². The highest BCUT2D eigenvalue weighted by molar-refractivity contribution is 7.86. The summed E-state index contributed by atoms with van der Waals surface area (Å²) < 4.78 is 58.2. The van der Waals surface area contributed by atoms with Gasteiger partial charge in [0.05, 0.1) is 0 Å². The number of hydrogen-bond acceptors (Lipinski definition) is 4. The zero-order valence-corrected chi connectivity index (χ0v) is 11.3. The SMILES string of the molecule is CC(C)C(C)CCC(=O)OCC(F)(F)S(=O)(=O)O. The van der Waals surface area contributed by atoms with E-state index in [1.807, 2.05) is 20.8 Å². The molecule has 5 nitrogen and oxygen atoms in total. The lowest BCUT2D eigenvalue weighted by Crippen LogP contribution is -2.34. The van der Waals surface area contributed by atoms with Gasteiger partial charge in [-0.25, -0.2) is 0 Å². The van der Waals surface area contributed by atoms with E-state index in [4.69, 9.17) is 4.55 Å². The van der Waals surface area contributed by atoms with Crippen molar-refractivity contribution in [1.29, 1.82) is 0 Å². The summed E-state index contributed by atoms with van der Waals surface area (Å²) in [4.78, 5) is 11.1. The van der Waals surface area contributed by atoms with Crippen LogP contribution >= 0.6 is 0 Å². The molecular weight excluding hydrogens is 270 g/mol. The van der Waals surface area contributed by atoms with Gasteiger partial charge in [0.1, 0.15) is 0 Å². The molecule has 1 unspecified atom stereocenters. The van der Waals surface area contributed by atoms with Crippen LogP contribution in [0.25, 0.3) is 0 Å². The second-order valence-electron chi connectivity index (χ2n) is 4.53. The molecule has 0 bridgehead atoms. The molecule has 0 spiro atoms. The van der Waals surface area contributed by atoms with Gasteiger partial charge in [-0.05, 0) is 18.3 Å². The highest BCUT2D eigenvalue weighted by Crippen LogP contribution is 2.21. The van der Waals surface area contributed by atoms with E-state index in [2.05, 4.69) is 4.74 Å². The maximum absolute atomic E-state index is 12.7. The van der Waals surface area contributed by atoms with Crippen LogP contribution in [0.3, 0.4) is 0 Å². The van der Waals surface area contributed by atoms with Gasteiger partial charge >= 0.3 is 21.3 Å². The molecule has 0 saturated heterocycles. The Balaban J connectivity index is 4.13. The zero-order chi connectivity index (χ0) is 14.6. The van der Waals surface area contributed by atoms with Gasteiger partial charge in [-0.1, -0.05) is 20.8 Å².